The molecular weight excluding hydrogens is 364 g/mol. The second kappa shape index (κ2) is 7.35. The van der Waals surface area contributed by atoms with E-state index in [1.807, 2.05) is 39.0 Å². The van der Waals surface area contributed by atoms with E-state index in [0.717, 1.165) is 5.56 Å². The summed E-state index contributed by atoms with van der Waals surface area (Å²) in [7, 11) is 0. The van der Waals surface area contributed by atoms with Crippen molar-refractivity contribution < 1.29 is 9.59 Å². The molecule has 1 aromatic carbocycles. The topological polar surface area (TPSA) is 81.2 Å². The van der Waals surface area contributed by atoms with E-state index in [9.17, 15) is 9.59 Å². The van der Waals surface area contributed by atoms with Crippen LogP contribution in [0.25, 0.3) is 11.3 Å². The van der Waals surface area contributed by atoms with Crippen LogP contribution >= 0.6 is 11.6 Å². The molecule has 1 fully saturated rings. The summed E-state index contributed by atoms with van der Waals surface area (Å²) in [6, 6.07) is 7.39. The Morgan fingerprint density at radius 1 is 1.19 bits per heavy atom. The highest BCUT2D eigenvalue weighted by atomic mass is 35.5. The predicted molar refractivity (Wildman–Crippen MR) is 105 cm³/mol. The number of nitrogens with two attached hydrogens (primary N) is 1. The number of likely N-dealkylation sites (tertiary alicyclic amines) is 1. The minimum Gasteiger partial charge on any atom is -0.369 e. The van der Waals surface area contributed by atoms with Crippen molar-refractivity contribution in [1.82, 2.24) is 14.7 Å². The van der Waals surface area contributed by atoms with E-state index in [1.54, 1.807) is 21.8 Å². The third-order valence-corrected chi connectivity index (χ3v) is 5.28. The second-order valence-corrected chi connectivity index (χ2v) is 8.36. The molecule has 0 spiro atoms. The standard InChI is InChI=1S/C20H25ClN4O2/c1-20(2,3)25-12-15(17(23-25)14-6-4-5-7-16(14)21)19(27)24-10-8-13(9-11-24)18(22)26/h4-7,12-13H,8-11H2,1-3H3,(H2,22,26). The molecule has 2 N–H and O–H groups in total. The van der Waals surface area contributed by atoms with Gasteiger partial charge in [0.1, 0.15) is 5.69 Å². The highest BCUT2D eigenvalue weighted by Gasteiger charge is 2.30. The minimum atomic E-state index is -0.292. The molecule has 2 aromatic rings. The van der Waals surface area contributed by atoms with E-state index in [-0.39, 0.29) is 23.3 Å². The smallest absolute Gasteiger partial charge is 0.257 e. The van der Waals surface area contributed by atoms with Crippen LogP contribution in [0.4, 0.5) is 0 Å². The van der Waals surface area contributed by atoms with Crippen LogP contribution in [-0.4, -0.2) is 39.6 Å². The van der Waals surface area contributed by atoms with Crippen LogP contribution in [-0.2, 0) is 10.3 Å². The van der Waals surface area contributed by atoms with Crippen LogP contribution in [0.3, 0.4) is 0 Å². The highest BCUT2D eigenvalue weighted by Crippen LogP contribution is 2.32. The van der Waals surface area contributed by atoms with Gasteiger partial charge in [-0.05, 0) is 39.7 Å². The van der Waals surface area contributed by atoms with Gasteiger partial charge in [-0.15, -0.1) is 0 Å². The zero-order valence-corrected chi connectivity index (χ0v) is 16.7. The molecule has 1 saturated heterocycles. The van der Waals surface area contributed by atoms with Gasteiger partial charge < -0.3 is 10.6 Å². The predicted octanol–water partition coefficient (Wildman–Crippen LogP) is 3.30. The molecule has 0 atom stereocenters. The molecular formula is C20H25ClN4O2. The number of nitrogens with zero attached hydrogens (tertiary/aromatic N) is 3. The second-order valence-electron chi connectivity index (χ2n) is 7.96. The summed E-state index contributed by atoms with van der Waals surface area (Å²) >= 11 is 6.37. The van der Waals surface area contributed by atoms with Crippen LogP contribution in [0.5, 0.6) is 0 Å². The van der Waals surface area contributed by atoms with Crippen molar-refractivity contribution in [3.8, 4) is 11.3 Å². The first-order valence-electron chi connectivity index (χ1n) is 9.12. The van der Waals surface area contributed by atoms with E-state index < -0.39 is 0 Å². The van der Waals surface area contributed by atoms with Crippen molar-refractivity contribution in [2.45, 2.75) is 39.2 Å². The van der Waals surface area contributed by atoms with Gasteiger partial charge in [0, 0.05) is 30.8 Å². The molecule has 27 heavy (non-hydrogen) atoms. The molecule has 1 aromatic heterocycles. The van der Waals surface area contributed by atoms with Crippen LogP contribution < -0.4 is 5.73 Å². The number of primary amides is 1. The van der Waals surface area contributed by atoms with Crippen molar-refractivity contribution in [2.24, 2.45) is 11.7 Å². The number of carbonyl (C=O) groups excluding carboxylic acids is 2. The van der Waals surface area contributed by atoms with Gasteiger partial charge in [-0.3, -0.25) is 14.3 Å². The molecule has 7 heteroatoms. The van der Waals surface area contributed by atoms with Gasteiger partial charge >= 0.3 is 0 Å². The lowest BCUT2D eigenvalue weighted by atomic mass is 9.95. The van der Waals surface area contributed by atoms with Gasteiger partial charge in [-0.25, -0.2) is 0 Å². The Hall–Kier alpha value is -2.34. The molecule has 1 aliphatic rings. The fourth-order valence-corrected chi connectivity index (χ4v) is 3.49. The van der Waals surface area contributed by atoms with Crippen molar-refractivity contribution in [3.05, 3.63) is 41.0 Å². The van der Waals surface area contributed by atoms with Crippen molar-refractivity contribution in [2.75, 3.05) is 13.1 Å². The molecule has 144 valence electrons. The summed E-state index contributed by atoms with van der Waals surface area (Å²) in [5.41, 5.74) is 6.97. The third kappa shape index (κ3) is 4.00. The Balaban J connectivity index is 1.97. The molecule has 0 radical (unpaired) electrons. The normalized spacial score (nSPS) is 15.8. The quantitative estimate of drug-likeness (QED) is 0.875. The first-order valence-corrected chi connectivity index (χ1v) is 9.50. The van der Waals surface area contributed by atoms with E-state index in [1.165, 1.54) is 0 Å². The van der Waals surface area contributed by atoms with E-state index in [2.05, 4.69) is 5.10 Å². The maximum Gasteiger partial charge on any atom is 0.257 e. The molecule has 2 heterocycles. The summed E-state index contributed by atoms with van der Waals surface area (Å²) in [4.78, 5) is 26.4. The van der Waals surface area contributed by atoms with Gasteiger partial charge in [0.05, 0.1) is 16.1 Å². The van der Waals surface area contributed by atoms with Gasteiger partial charge in [0.25, 0.3) is 5.91 Å². The number of carbonyl (C=O) groups is 2. The van der Waals surface area contributed by atoms with Crippen LogP contribution in [0.15, 0.2) is 30.5 Å². The fourth-order valence-electron chi connectivity index (χ4n) is 3.26. The average molecular weight is 389 g/mol. The lowest BCUT2D eigenvalue weighted by molar-refractivity contribution is -0.123. The lowest BCUT2D eigenvalue weighted by Gasteiger charge is -2.30. The number of piperidine rings is 1. The largest absolute Gasteiger partial charge is 0.369 e. The molecule has 0 saturated carbocycles. The van der Waals surface area contributed by atoms with Gasteiger partial charge in [-0.2, -0.15) is 5.10 Å². The summed E-state index contributed by atoms with van der Waals surface area (Å²) < 4.78 is 1.80. The number of rotatable bonds is 3. The Labute approximate surface area is 164 Å². The summed E-state index contributed by atoms with van der Waals surface area (Å²) in [5, 5.41) is 5.24. The highest BCUT2D eigenvalue weighted by molar-refractivity contribution is 6.33. The van der Waals surface area contributed by atoms with E-state index in [0.29, 0.717) is 42.2 Å². The van der Waals surface area contributed by atoms with Crippen molar-refractivity contribution >= 4 is 23.4 Å². The number of amides is 2. The molecule has 3 rings (SSSR count). The first kappa shape index (κ1) is 19.4. The molecule has 0 unspecified atom stereocenters. The minimum absolute atomic E-state index is 0.0941. The number of hydrogen-bond acceptors (Lipinski definition) is 3. The van der Waals surface area contributed by atoms with E-state index >= 15 is 0 Å². The van der Waals surface area contributed by atoms with Crippen LogP contribution in [0.1, 0.15) is 44.0 Å². The molecule has 0 bridgehead atoms. The number of halogens is 1. The Morgan fingerprint density at radius 2 is 1.81 bits per heavy atom. The molecule has 1 aliphatic heterocycles. The lowest BCUT2D eigenvalue weighted by Crippen LogP contribution is -2.41. The third-order valence-electron chi connectivity index (χ3n) is 4.95. The number of aromatic nitrogens is 2. The van der Waals surface area contributed by atoms with Gasteiger partial charge in [-0.1, -0.05) is 29.8 Å². The maximum absolute atomic E-state index is 13.2. The fraction of sp³-hybridized carbons (Fsp3) is 0.450. The van der Waals surface area contributed by atoms with Crippen LogP contribution in [0.2, 0.25) is 5.02 Å². The molecule has 0 aliphatic carbocycles. The average Bonchev–Trinajstić information content (AvgIpc) is 3.07. The number of benzene rings is 1. The van der Waals surface area contributed by atoms with Gasteiger partial charge in [0.2, 0.25) is 5.91 Å². The molecule has 2 amide bonds. The summed E-state index contributed by atoms with van der Waals surface area (Å²) in [6.45, 7) is 7.11. The van der Waals surface area contributed by atoms with Crippen molar-refractivity contribution in [1.29, 1.82) is 0 Å². The summed E-state index contributed by atoms with van der Waals surface area (Å²) in [6.07, 6.45) is 2.98. The zero-order chi connectivity index (χ0) is 19.8. The van der Waals surface area contributed by atoms with Crippen LogP contribution in [0, 0.1) is 5.92 Å². The monoisotopic (exact) mass is 388 g/mol. The Kier molecular flexibility index (Phi) is 5.29. The summed E-state index contributed by atoms with van der Waals surface area (Å²) in [5.74, 6) is -0.544. The van der Waals surface area contributed by atoms with E-state index in [4.69, 9.17) is 17.3 Å². The Bertz CT molecular complexity index is 861. The SMILES string of the molecule is CC(C)(C)n1cc(C(=O)N2CCC(C(N)=O)CC2)c(-c2ccccc2Cl)n1. The molecule has 6 nitrogen and oxygen atoms in total. The Morgan fingerprint density at radius 3 is 2.37 bits per heavy atom. The maximum atomic E-state index is 13.2. The first-order chi connectivity index (χ1) is 12.7. The zero-order valence-electron chi connectivity index (χ0n) is 15.9. The number of hydrogen-bond donors (Lipinski definition) is 1. The van der Waals surface area contributed by atoms with Gasteiger partial charge in [0.15, 0.2) is 0 Å². The van der Waals surface area contributed by atoms with Crippen molar-refractivity contribution in [3.63, 3.8) is 0 Å².